The fraction of sp³-hybridized carbons (Fsp3) is 0.238. The Kier molecular flexibility index (Phi) is 4.25. The number of H-pyrrole nitrogens is 1. The van der Waals surface area contributed by atoms with Crippen LogP contribution >= 0.6 is 11.3 Å². The predicted molar refractivity (Wildman–Crippen MR) is 105 cm³/mol. The first kappa shape index (κ1) is 17.4. The number of rotatable bonds is 3. The third-order valence-electron chi connectivity index (χ3n) is 4.98. The van der Waals surface area contributed by atoms with E-state index in [-0.39, 0.29) is 16.7 Å². The molecular weight excluding hydrogens is 360 g/mol. The maximum Gasteiger partial charge on any atom is 0.307 e. The Balaban J connectivity index is 1.63. The lowest BCUT2D eigenvalue weighted by molar-refractivity contribution is 0.447. The zero-order chi connectivity index (χ0) is 19.1. The lowest BCUT2D eigenvalue weighted by Gasteiger charge is -2.12. The molecule has 1 aliphatic rings. The van der Waals surface area contributed by atoms with Gasteiger partial charge in [-0.25, -0.2) is 4.85 Å². The Morgan fingerprint density at radius 2 is 1.96 bits per heavy atom. The summed E-state index contributed by atoms with van der Waals surface area (Å²) in [5, 5.41) is 9.97. The fourth-order valence-electron chi connectivity index (χ4n) is 3.79. The van der Waals surface area contributed by atoms with Gasteiger partial charge in [-0.3, -0.25) is 9.78 Å². The summed E-state index contributed by atoms with van der Waals surface area (Å²) >= 11 is 1.07. The number of hydrogen-bond acceptors (Lipinski definition) is 4. The molecule has 1 heterocycles. The SMILES string of the molecule is [C-]#[N+]c1c(C)cc(Oc2ccc3c(c2)CC[C@H]3c2sc(=O)[nH]c2O)cc1C. The van der Waals surface area contributed by atoms with Crippen LogP contribution < -0.4 is 9.61 Å². The van der Waals surface area contributed by atoms with Crippen molar-refractivity contribution in [1.29, 1.82) is 0 Å². The van der Waals surface area contributed by atoms with Gasteiger partial charge in [-0.2, -0.15) is 0 Å². The summed E-state index contributed by atoms with van der Waals surface area (Å²) in [5.74, 6) is 1.48. The van der Waals surface area contributed by atoms with Crippen molar-refractivity contribution in [2.75, 3.05) is 0 Å². The number of aromatic hydroxyl groups is 1. The molecule has 27 heavy (non-hydrogen) atoms. The average molecular weight is 378 g/mol. The Hall–Kier alpha value is -3.04. The zero-order valence-electron chi connectivity index (χ0n) is 15.0. The van der Waals surface area contributed by atoms with Crippen molar-refractivity contribution in [3.8, 4) is 17.4 Å². The van der Waals surface area contributed by atoms with Crippen molar-refractivity contribution in [1.82, 2.24) is 4.98 Å². The molecule has 4 rings (SSSR count). The molecule has 1 atom stereocenters. The molecule has 0 spiro atoms. The van der Waals surface area contributed by atoms with Gasteiger partial charge in [0, 0.05) is 5.92 Å². The highest BCUT2D eigenvalue weighted by Gasteiger charge is 2.28. The van der Waals surface area contributed by atoms with Gasteiger partial charge in [0.05, 0.1) is 11.4 Å². The molecule has 2 N–H and O–H groups in total. The predicted octanol–water partition coefficient (Wildman–Crippen LogP) is 5.18. The minimum absolute atomic E-state index is 0.0194. The van der Waals surface area contributed by atoms with Gasteiger partial charge in [-0.05, 0) is 73.2 Å². The van der Waals surface area contributed by atoms with Crippen LogP contribution in [0.15, 0.2) is 35.1 Å². The number of hydrogen-bond donors (Lipinski definition) is 2. The van der Waals surface area contributed by atoms with Crippen LogP contribution in [-0.4, -0.2) is 10.1 Å². The number of aromatic nitrogens is 1. The summed E-state index contributed by atoms with van der Waals surface area (Å²) < 4.78 is 6.03. The van der Waals surface area contributed by atoms with Crippen molar-refractivity contribution in [3.63, 3.8) is 0 Å². The number of nitrogens with zero attached hydrogens (tertiary/aromatic N) is 1. The van der Waals surface area contributed by atoms with Crippen molar-refractivity contribution < 1.29 is 9.84 Å². The van der Waals surface area contributed by atoms with Crippen LogP contribution in [0.4, 0.5) is 5.69 Å². The van der Waals surface area contributed by atoms with E-state index in [9.17, 15) is 9.90 Å². The molecule has 0 bridgehead atoms. The van der Waals surface area contributed by atoms with Crippen LogP contribution in [-0.2, 0) is 6.42 Å². The number of aryl methyl sites for hydroxylation is 3. The highest BCUT2D eigenvalue weighted by Crippen LogP contribution is 2.43. The van der Waals surface area contributed by atoms with E-state index in [1.807, 2.05) is 44.2 Å². The van der Waals surface area contributed by atoms with E-state index in [1.54, 1.807) is 0 Å². The molecule has 3 aromatic rings. The van der Waals surface area contributed by atoms with Gasteiger partial charge in [0.25, 0.3) is 0 Å². The van der Waals surface area contributed by atoms with Crippen LogP contribution in [0.2, 0.25) is 0 Å². The molecule has 0 fully saturated rings. The third-order valence-corrected chi connectivity index (χ3v) is 5.96. The largest absolute Gasteiger partial charge is 0.494 e. The second-order valence-electron chi connectivity index (χ2n) is 6.80. The van der Waals surface area contributed by atoms with Gasteiger partial charge in [0.15, 0.2) is 5.69 Å². The first-order valence-corrected chi connectivity index (χ1v) is 9.49. The second-order valence-corrected chi connectivity index (χ2v) is 7.81. The van der Waals surface area contributed by atoms with Crippen LogP contribution in [0.5, 0.6) is 17.4 Å². The number of ether oxygens (including phenoxy) is 1. The van der Waals surface area contributed by atoms with Crippen molar-refractivity contribution in [3.05, 3.63) is 78.5 Å². The molecule has 0 aliphatic heterocycles. The Labute approximate surface area is 160 Å². The maximum absolute atomic E-state index is 11.5. The van der Waals surface area contributed by atoms with E-state index in [0.29, 0.717) is 16.3 Å². The van der Waals surface area contributed by atoms with E-state index in [4.69, 9.17) is 11.3 Å². The highest BCUT2D eigenvalue weighted by atomic mass is 32.1. The molecule has 0 saturated carbocycles. The van der Waals surface area contributed by atoms with Crippen molar-refractivity contribution in [2.45, 2.75) is 32.6 Å². The van der Waals surface area contributed by atoms with Crippen molar-refractivity contribution in [2.24, 2.45) is 0 Å². The first-order valence-electron chi connectivity index (χ1n) is 8.67. The molecule has 0 unspecified atom stereocenters. The second kappa shape index (κ2) is 6.60. The van der Waals surface area contributed by atoms with Gasteiger partial charge in [0.2, 0.25) is 5.88 Å². The number of aromatic amines is 1. The van der Waals surface area contributed by atoms with Crippen LogP contribution in [0.25, 0.3) is 4.85 Å². The van der Waals surface area contributed by atoms with E-state index in [2.05, 4.69) is 9.83 Å². The monoisotopic (exact) mass is 378 g/mol. The molecule has 6 heteroatoms. The molecule has 0 saturated heterocycles. The minimum atomic E-state index is -0.232. The molecular formula is C21H18N2O3S. The summed E-state index contributed by atoms with van der Waals surface area (Å²) in [4.78, 5) is 18.0. The van der Waals surface area contributed by atoms with Crippen LogP contribution in [0.3, 0.4) is 0 Å². The molecule has 5 nitrogen and oxygen atoms in total. The summed E-state index contributed by atoms with van der Waals surface area (Å²) in [5.41, 5.74) is 4.77. The van der Waals surface area contributed by atoms with Crippen LogP contribution in [0, 0.1) is 20.4 Å². The lowest BCUT2D eigenvalue weighted by Crippen LogP contribution is -1.94. The Morgan fingerprint density at radius 3 is 2.59 bits per heavy atom. The molecule has 1 aromatic heterocycles. The van der Waals surface area contributed by atoms with Gasteiger partial charge in [-0.1, -0.05) is 17.4 Å². The van der Waals surface area contributed by atoms with Crippen molar-refractivity contribution >= 4 is 17.0 Å². The quantitative estimate of drug-likeness (QED) is 0.617. The highest BCUT2D eigenvalue weighted by molar-refractivity contribution is 7.09. The van der Waals surface area contributed by atoms with Gasteiger partial charge >= 0.3 is 4.87 Å². The molecule has 2 aromatic carbocycles. The number of nitrogens with one attached hydrogen (secondary N) is 1. The van der Waals surface area contributed by atoms with E-state index in [0.717, 1.165) is 46.6 Å². The zero-order valence-corrected chi connectivity index (χ0v) is 15.8. The molecule has 1 aliphatic carbocycles. The number of thiazole rings is 1. The lowest BCUT2D eigenvalue weighted by atomic mass is 10.00. The maximum atomic E-state index is 11.5. The Morgan fingerprint density at radius 1 is 1.22 bits per heavy atom. The normalized spacial score (nSPS) is 15.4. The average Bonchev–Trinajstić information content (AvgIpc) is 3.16. The van der Waals surface area contributed by atoms with Gasteiger partial charge < -0.3 is 9.84 Å². The van der Waals surface area contributed by atoms with Gasteiger partial charge in [0.1, 0.15) is 11.5 Å². The van der Waals surface area contributed by atoms with Gasteiger partial charge in [-0.15, -0.1) is 0 Å². The van der Waals surface area contributed by atoms with Crippen LogP contribution in [0.1, 0.15) is 39.5 Å². The van der Waals surface area contributed by atoms with E-state index in [1.165, 1.54) is 5.56 Å². The Bertz CT molecular complexity index is 1110. The first-order chi connectivity index (χ1) is 13.0. The minimum Gasteiger partial charge on any atom is -0.494 e. The number of fused-ring (bicyclic) bond motifs is 1. The molecule has 136 valence electrons. The summed E-state index contributed by atoms with van der Waals surface area (Å²) in [6.45, 7) is 11.1. The van der Waals surface area contributed by atoms with E-state index < -0.39 is 0 Å². The fourth-order valence-corrected chi connectivity index (χ4v) is 4.67. The summed E-state index contributed by atoms with van der Waals surface area (Å²) in [6, 6.07) is 9.71. The topological polar surface area (TPSA) is 66.7 Å². The molecule has 0 radical (unpaired) electrons. The standard InChI is InChI=1S/C21H18N2O3S/c1-11-8-15(9-12(2)18(11)22-3)26-14-5-7-16-13(10-14)4-6-17(16)19-20(24)23-21(25)27-19/h5,7-10,17,24H,4,6H2,1-2H3,(H,23,25)/t17-/m1/s1. The van der Waals surface area contributed by atoms with E-state index >= 15 is 0 Å². The summed E-state index contributed by atoms with van der Waals surface area (Å²) in [7, 11) is 0. The smallest absolute Gasteiger partial charge is 0.307 e. The third kappa shape index (κ3) is 3.11. The summed E-state index contributed by atoms with van der Waals surface area (Å²) in [6.07, 6.45) is 1.73. The molecule has 0 amide bonds. The number of benzene rings is 2.